The van der Waals surface area contributed by atoms with Crippen molar-refractivity contribution in [2.24, 2.45) is 11.3 Å². The molecule has 1 N–H and O–H groups in total. The van der Waals surface area contributed by atoms with Gasteiger partial charge in [-0.05, 0) is 29.2 Å². The van der Waals surface area contributed by atoms with Crippen LogP contribution in [0.3, 0.4) is 0 Å². The van der Waals surface area contributed by atoms with E-state index < -0.39 is 5.41 Å². The van der Waals surface area contributed by atoms with Gasteiger partial charge in [0.25, 0.3) is 0 Å². The van der Waals surface area contributed by atoms with Crippen LogP contribution in [0.2, 0.25) is 0 Å². The van der Waals surface area contributed by atoms with Crippen LogP contribution < -0.4 is 5.32 Å². The molecule has 1 amide bonds. The molecule has 31 heavy (non-hydrogen) atoms. The largest absolute Gasteiger partial charge is 0.300 e. The molecule has 4 aromatic rings. The van der Waals surface area contributed by atoms with E-state index in [-0.39, 0.29) is 11.8 Å². The number of benzene rings is 2. The van der Waals surface area contributed by atoms with Crippen LogP contribution in [0, 0.1) is 11.3 Å². The van der Waals surface area contributed by atoms with Crippen LogP contribution in [-0.4, -0.2) is 25.9 Å². The summed E-state index contributed by atoms with van der Waals surface area (Å²) in [5, 5.41) is 16.9. The van der Waals surface area contributed by atoms with Crippen LogP contribution in [0.4, 0.5) is 5.13 Å². The molecule has 160 valence electrons. The van der Waals surface area contributed by atoms with E-state index in [0.29, 0.717) is 11.0 Å². The fraction of sp³-hybridized carbons (Fsp3) is 0.333. The molecule has 4 rings (SSSR count). The summed E-state index contributed by atoms with van der Waals surface area (Å²) in [6.45, 7) is 9.21. The van der Waals surface area contributed by atoms with Crippen molar-refractivity contribution in [2.45, 2.75) is 40.2 Å². The Morgan fingerprint density at radius 2 is 1.90 bits per heavy atom. The molecule has 2 heterocycles. The Hall–Kier alpha value is -3.06. The third kappa shape index (κ3) is 4.37. The van der Waals surface area contributed by atoms with Crippen molar-refractivity contribution in [1.82, 2.24) is 20.0 Å². The van der Waals surface area contributed by atoms with E-state index >= 15 is 0 Å². The number of hydrogen-bond acceptors (Lipinski definition) is 5. The second-order valence-electron chi connectivity index (χ2n) is 8.80. The molecular formula is C24H27N5OS. The lowest BCUT2D eigenvalue weighted by Gasteiger charge is -2.33. The number of fused-ring (bicyclic) bond motifs is 1. The second-order valence-corrected chi connectivity index (χ2v) is 9.64. The number of nitrogens with zero attached hydrogens (tertiary/aromatic N) is 4. The zero-order chi connectivity index (χ0) is 22.0. The highest BCUT2D eigenvalue weighted by Crippen LogP contribution is 2.42. The summed E-state index contributed by atoms with van der Waals surface area (Å²) in [6.07, 6.45) is 1.91. The van der Waals surface area contributed by atoms with E-state index in [1.165, 1.54) is 11.3 Å². The highest BCUT2D eigenvalue weighted by molar-refractivity contribution is 7.13. The van der Waals surface area contributed by atoms with Gasteiger partial charge in [-0.2, -0.15) is 5.10 Å². The molecule has 0 saturated carbocycles. The lowest BCUT2D eigenvalue weighted by atomic mass is 9.70. The van der Waals surface area contributed by atoms with E-state index in [4.69, 9.17) is 0 Å². The van der Waals surface area contributed by atoms with Gasteiger partial charge in [0.15, 0.2) is 0 Å². The number of carbonyl (C=O) groups is 1. The van der Waals surface area contributed by atoms with Crippen LogP contribution in [0.5, 0.6) is 0 Å². The first kappa shape index (κ1) is 21.2. The first-order chi connectivity index (χ1) is 14.9. The molecule has 6 nitrogen and oxygen atoms in total. The predicted octanol–water partition coefficient (Wildman–Crippen LogP) is 5.34. The monoisotopic (exact) mass is 433 g/mol. The third-order valence-corrected chi connectivity index (χ3v) is 6.16. The molecule has 1 atom stereocenters. The van der Waals surface area contributed by atoms with Gasteiger partial charge in [-0.1, -0.05) is 75.4 Å². The van der Waals surface area contributed by atoms with Crippen molar-refractivity contribution in [1.29, 1.82) is 0 Å². The van der Waals surface area contributed by atoms with Gasteiger partial charge in [-0.3, -0.25) is 9.48 Å². The molecule has 0 radical (unpaired) electrons. The highest BCUT2D eigenvalue weighted by Gasteiger charge is 2.39. The Bertz CT molecular complexity index is 1170. The SMILES string of the molecule is CC(C)Cn1ncc2cc(C(c3ccccc3)C(C)(C)C(=O)Nc3nncs3)ccc21. The summed E-state index contributed by atoms with van der Waals surface area (Å²) >= 11 is 1.31. The molecule has 0 bridgehead atoms. The fourth-order valence-electron chi connectivity index (χ4n) is 4.06. The summed E-state index contributed by atoms with van der Waals surface area (Å²) < 4.78 is 2.05. The van der Waals surface area contributed by atoms with Gasteiger partial charge in [-0.15, -0.1) is 10.2 Å². The van der Waals surface area contributed by atoms with E-state index in [1.54, 1.807) is 5.51 Å². The normalized spacial score (nSPS) is 12.9. The average molecular weight is 434 g/mol. The van der Waals surface area contributed by atoms with Crippen molar-refractivity contribution >= 4 is 33.3 Å². The molecular weight excluding hydrogens is 406 g/mol. The summed E-state index contributed by atoms with van der Waals surface area (Å²) in [6, 6.07) is 16.6. The van der Waals surface area contributed by atoms with Gasteiger partial charge >= 0.3 is 0 Å². The van der Waals surface area contributed by atoms with Gasteiger partial charge in [0.2, 0.25) is 11.0 Å². The Balaban J connectivity index is 1.76. The fourth-order valence-corrected chi connectivity index (χ4v) is 4.50. The van der Waals surface area contributed by atoms with Crippen molar-refractivity contribution in [3.05, 3.63) is 71.4 Å². The highest BCUT2D eigenvalue weighted by atomic mass is 32.1. The van der Waals surface area contributed by atoms with Gasteiger partial charge in [-0.25, -0.2) is 0 Å². The Morgan fingerprint density at radius 1 is 1.13 bits per heavy atom. The van der Waals surface area contributed by atoms with E-state index in [1.807, 2.05) is 38.2 Å². The van der Waals surface area contributed by atoms with Crippen LogP contribution in [0.15, 0.2) is 60.2 Å². The summed E-state index contributed by atoms with van der Waals surface area (Å²) in [5.74, 6) is 0.288. The number of carbonyl (C=O) groups excluding carboxylic acids is 1. The minimum atomic E-state index is -0.728. The van der Waals surface area contributed by atoms with Gasteiger partial charge in [0, 0.05) is 17.8 Å². The van der Waals surface area contributed by atoms with Gasteiger partial charge < -0.3 is 5.32 Å². The van der Waals surface area contributed by atoms with Gasteiger partial charge in [0.05, 0.1) is 17.1 Å². The maximum Gasteiger partial charge on any atom is 0.232 e. The molecule has 2 aromatic heterocycles. The van der Waals surface area contributed by atoms with Crippen molar-refractivity contribution in [3.63, 3.8) is 0 Å². The van der Waals surface area contributed by atoms with Crippen molar-refractivity contribution in [2.75, 3.05) is 5.32 Å². The van der Waals surface area contributed by atoms with E-state index in [2.05, 4.69) is 69.5 Å². The average Bonchev–Trinajstić information content (AvgIpc) is 3.38. The summed E-state index contributed by atoms with van der Waals surface area (Å²) in [7, 11) is 0. The smallest absolute Gasteiger partial charge is 0.232 e. The quantitative estimate of drug-likeness (QED) is 0.427. The lowest BCUT2D eigenvalue weighted by Crippen LogP contribution is -2.37. The second kappa shape index (κ2) is 8.59. The number of hydrogen-bond donors (Lipinski definition) is 1. The minimum absolute atomic E-state index is 0.0892. The molecule has 0 saturated heterocycles. The Morgan fingerprint density at radius 3 is 2.58 bits per heavy atom. The minimum Gasteiger partial charge on any atom is -0.300 e. The van der Waals surface area contributed by atoms with E-state index in [9.17, 15) is 4.79 Å². The molecule has 0 fully saturated rings. The van der Waals surface area contributed by atoms with Gasteiger partial charge in [0.1, 0.15) is 5.51 Å². The number of rotatable bonds is 7. The molecule has 7 heteroatoms. The maximum absolute atomic E-state index is 13.3. The molecule has 1 unspecified atom stereocenters. The standard InChI is InChI=1S/C24H27N5OS/c1-16(2)14-29-20-11-10-18(12-19(20)13-26-29)21(17-8-6-5-7-9-17)24(3,4)22(30)27-23-28-25-15-31-23/h5-13,15-16,21H,14H2,1-4H3,(H,27,28,30). The summed E-state index contributed by atoms with van der Waals surface area (Å²) in [5.41, 5.74) is 4.17. The number of amides is 1. The molecule has 0 aliphatic heterocycles. The van der Waals surface area contributed by atoms with E-state index in [0.717, 1.165) is 28.6 Å². The number of anilines is 1. The zero-order valence-corrected chi connectivity index (χ0v) is 19.1. The van der Waals surface area contributed by atoms with Crippen LogP contribution in [0.1, 0.15) is 44.7 Å². The molecule has 0 aliphatic rings. The third-order valence-electron chi connectivity index (χ3n) is 5.56. The first-order valence-corrected chi connectivity index (χ1v) is 11.3. The van der Waals surface area contributed by atoms with Crippen molar-refractivity contribution in [3.8, 4) is 0 Å². The van der Waals surface area contributed by atoms with Crippen LogP contribution >= 0.6 is 11.3 Å². The Kier molecular flexibility index (Phi) is 5.87. The predicted molar refractivity (Wildman–Crippen MR) is 125 cm³/mol. The first-order valence-electron chi connectivity index (χ1n) is 10.4. The molecule has 0 spiro atoms. The lowest BCUT2D eigenvalue weighted by molar-refractivity contribution is -0.124. The molecule has 2 aromatic carbocycles. The summed E-state index contributed by atoms with van der Waals surface area (Å²) in [4.78, 5) is 13.3. The number of nitrogens with one attached hydrogen (secondary N) is 1. The van der Waals surface area contributed by atoms with Crippen LogP contribution in [-0.2, 0) is 11.3 Å². The zero-order valence-electron chi connectivity index (χ0n) is 18.2. The topological polar surface area (TPSA) is 72.7 Å². The Labute approximate surface area is 186 Å². The van der Waals surface area contributed by atoms with Crippen LogP contribution in [0.25, 0.3) is 10.9 Å². The maximum atomic E-state index is 13.3. The van der Waals surface area contributed by atoms with Crippen molar-refractivity contribution < 1.29 is 4.79 Å². The molecule has 0 aliphatic carbocycles. The number of aromatic nitrogens is 4.